The highest BCUT2D eigenvalue weighted by Crippen LogP contribution is 2.25. The second kappa shape index (κ2) is 4.66. The van der Waals surface area contributed by atoms with Gasteiger partial charge in [-0.3, -0.25) is 0 Å². The fourth-order valence-corrected chi connectivity index (χ4v) is 1.13. The monoisotopic (exact) mass is 306 g/mol. The highest BCUT2D eigenvalue weighted by molar-refractivity contribution is 14.1. The van der Waals surface area contributed by atoms with Gasteiger partial charge in [-0.15, -0.1) is 0 Å². The van der Waals surface area contributed by atoms with Crippen LogP contribution < -0.4 is 0 Å². The second-order valence-electron chi connectivity index (χ2n) is 1.78. The van der Waals surface area contributed by atoms with Gasteiger partial charge < -0.3 is 0 Å². The maximum atomic E-state index is 12.4. The molecule has 0 nitrogen and oxygen atoms in total. The summed E-state index contributed by atoms with van der Waals surface area (Å²) in [6.07, 6.45) is 0.921. The average Bonchev–Trinajstić information content (AvgIpc) is 1.84. The van der Waals surface area contributed by atoms with Crippen LogP contribution in [-0.4, -0.2) is 5.08 Å². The van der Waals surface area contributed by atoms with E-state index < -0.39 is 5.08 Å². The van der Waals surface area contributed by atoms with Crippen LogP contribution in [0.4, 0.5) is 4.39 Å². The van der Waals surface area contributed by atoms with Crippen LogP contribution in [0.3, 0.4) is 0 Å². The van der Waals surface area contributed by atoms with Crippen molar-refractivity contribution in [1.82, 2.24) is 0 Å². The van der Waals surface area contributed by atoms with Crippen molar-refractivity contribution in [2.24, 2.45) is 0 Å². The molecule has 0 amide bonds. The topological polar surface area (TPSA) is 0 Å². The molecular weight excluding hydrogens is 298 g/mol. The largest absolute Gasteiger partial charge is 0.229 e. The zero-order valence-corrected chi connectivity index (χ0v) is 9.16. The molecule has 0 saturated carbocycles. The van der Waals surface area contributed by atoms with E-state index in [1.54, 1.807) is 0 Å². The summed E-state index contributed by atoms with van der Waals surface area (Å²) in [5.74, 6) is 0. The van der Waals surface area contributed by atoms with E-state index in [9.17, 15) is 4.39 Å². The summed E-state index contributed by atoms with van der Waals surface area (Å²) in [5.41, 5.74) is 1.11. The number of alkyl halides is 2. The van der Waals surface area contributed by atoms with E-state index in [0.29, 0.717) is 0 Å². The van der Waals surface area contributed by atoms with E-state index in [4.69, 9.17) is 0 Å². The van der Waals surface area contributed by atoms with Crippen molar-refractivity contribution in [2.75, 3.05) is 0 Å². The van der Waals surface area contributed by atoms with Gasteiger partial charge in [0, 0.05) is 3.58 Å². The molecule has 0 heterocycles. The zero-order valence-electron chi connectivity index (χ0n) is 5.42. The van der Waals surface area contributed by atoms with Crippen LogP contribution in [0.1, 0.15) is 20.3 Å². The zero-order chi connectivity index (χ0) is 7.44. The maximum Gasteiger partial charge on any atom is 0.185 e. The molecule has 0 spiro atoms. The van der Waals surface area contributed by atoms with Crippen molar-refractivity contribution in [3.8, 4) is 0 Å². The molecule has 0 radical (unpaired) electrons. The van der Waals surface area contributed by atoms with Crippen LogP contribution in [0.2, 0.25) is 0 Å². The molecule has 3 heteroatoms. The Labute approximate surface area is 77.2 Å². The summed E-state index contributed by atoms with van der Waals surface area (Å²) < 4.78 is 13.2. The Balaban J connectivity index is 4.10. The first-order valence-electron chi connectivity index (χ1n) is 2.72. The van der Waals surface area contributed by atoms with Crippen molar-refractivity contribution in [3.05, 3.63) is 9.15 Å². The SMILES string of the molecule is CCC(C)=C(I)C(F)Br. The minimum absolute atomic E-state index is 0.773. The summed E-state index contributed by atoms with van der Waals surface area (Å²) in [6, 6.07) is 0. The van der Waals surface area contributed by atoms with Crippen molar-refractivity contribution >= 4 is 38.5 Å². The highest BCUT2D eigenvalue weighted by Gasteiger charge is 2.06. The second-order valence-corrected chi connectivity index (χ2v) is 3.75. The molecule has 0 aliphatic heterocycles. The van der Waals surface area contributed by atoms with E-state index >= 15 is 0 Å². The lowest BCUT2D eigenvalue weighted by atomic mass is 10.2. The third-order valence-corrected chi connectivity index (χ3v) is 3.91. The van der Waals surface area contributed by atoms with Gasteiger partial charge in [0.25, 0.3) is 0 Å². The first-order chi connectivity index (χ1) is 4.09. The smallest absolute Gasteiger partial charge is 0.185 e. The Morgan fingerprint density at radius 1 is 1.78 bits per heavy atom. The van der Waals surface area contributed by atoms with Crippen LogP contribution in [-0.2, 0) is 0 Å². The molecule has 1 unspecified atom stereocenters. The van der Waals surface area contributed by atoms with Gasteiger partial charge in [-0.2, -0.15) is 0 Å². The molecule has 9 heavy (non-hydrogen) atoms. The van der Waals surface area contributed by atoms with Crippen LogP contribution in [0, 0.1) is 0 Å². The molecule has 54 valence electrons. The molecule has 1 atom stereocenters. The van der Waals surface area contributed by atoms with Crippen molar-refractivity contribution in [1.29, 1.82) is 0 Å². The molecule has 0 rings (SSSR count). The van der Waals surface area contributed by atoms with Crippen LogP contribution in [0.25, 0.3) is 0 Å². The van der Waals surface area contributed by atoms with E-state index in [-0.39, 0.29) is 0 Å². The fraction of sp³-hybridized carbons (Fsp3) is 0.667. The third-order valence-electron chi connectivity index (χ3n) is 1.13. The van der Waals surface area contributed by atoms with E-state index in [1.807, 2.05) is 36.4 Å². The van der Waals surface area contributed by atoms with Crippen LogP contribution in [0.5, 0.6) is 0 Å². The quantitative estimate of drug-likeness (QED) is 0.538. The van der Waals surface area contributed by atoms with Crippen molar-refractivity contribution in [3.63, 3.8) is 0 Å². The normalized spacial score (nSPS) is 17.0. The summed E-state index contributed by atoms with van der Waals surface area (Å²) in [6.45, 7) is 3.96. The molecule has 0 bridgehead atoms. The number of hydrogen-bond donors (Lipinski definition) is 0. The highest BCUT2D eigenvalue weighted by atomic mass is 127. The molecule has 0 aliphatic carbocycles. The molecule has 0 fully saturated rings. The van der Waals surface area contributed by atoms with Gasteiger partial charge in [-0.25, -0.2) is 4.39 Å². The Morgan fingerprint density at radius 3 is 2.33 bits per heavy atom. The number of hydrogen-bond acceptors (Lipinski definition) is 0. The first kappa shape index (κ1) is 9.88. The average molecular weight is 307 g/mol. The van der Waals surface area contributed by atoms with Gasteiger partial charge in [0.2, 0.25) is 0 Å². The molecule has 0 aromatic carbocycles. The van der Waals surface area contributed by atoms with E-state index in [1.165, 1.54) is 0 Å². The predicted molar refractivity (Wildman–Crippen MR) is 50.8 cm³/mol. The first-order valence-corrected chi connectivity index (χ1v) is 4.72. The van der Waals surface area contributed by atoms with Gasteiger partial charge in [0.15, 0.2) is 5.08 Å². The van der Waals surface area contributed by atoms with Gasteiger partial charge >= 0.3 is 0 Å². The Hall–Kier alpha value is 0.880. The minimum atomic E-state index is -0.974. The minimum Gasteiger partial charge on any atom is -0.229 e. The van der Waals surface area contributed by atoms with E-state index in [2.05, 4.69) is 15.9 Å². The van der Waals surface area contributed by atoms with Gasteiger partial charge in [-0.1, -0.05) is 12.5 Å². The van der Waals surface area contributed by atoms with Gasteiger partial charge in [0.1, 0.15) is 0 Å². The number of allylic oxidation sites excluding steroid dienone is 2. The Morgan fingerprint density at radius 2 is 2.22 bits per heavy atom. The Kier molecular flexibility index (Phi) is 5.11. The summed E-state index contributed by atoms with van der Waals surface area (Å²) in [7, 11) is 0. The van der Waals surface area contributed by atoms with Crippen molar-refractivity contribution < 1.29 is 4.39 Å². The van der Waals surface area contributed by atoms with Crippen LogP contribution in [0.15, 0.2) is 9.15 Å². The van der Waals surface area contributed by atoms with Gasteiger partial charge in [0.05, 0.1) is 0 Å². The van der Waals surface area contributed by atoms with Crippen molar-refractivity contribution in [2.45, 2.75) is 25.3 Å². The number of halogens is 3. The fourth-order valence-electron chi connectivity index (χ4n) is 0.355. The van der Waals surface area contributed by atoms with Gasteiger partial charge in [-0.05, 0) is 51.9 Å². The van der Waals surface area contributed by atoms with E-state index in [0.717, 1.165) is 15.6 Å². The molecule has 0 saturated heterocycles. The standard InChI is InChI=1S/C6H9BrFI/c1-3-4(2)5(9)6(7)8/h6H,3H2,1-2H3. The molecule has 0 aliphatic rings. The lowest BCUT2D eigenvalue weighted by Gasteiger charge is -2.01. The third kappa shape index (κ3) is 3.55. The molecule has 0 N–H and O–H groups in total. The summed E-state index contributed by atoms with van der Waals surface area (Å²) >= 11 is 4.86. The maximum absolute atomic E-state index is 12.4. The lowest BCUT2D eigenvalue weighted by Crippen LogP contribution is -1.89. The van der Waals surface area contributed by atoms with Crippen LogP contribution >= 0.6 is 38.5 Å². The molecule has 0 aromatic heterocycles. The molecular formula is C6H9BrFI. The number of rotatable bonds is 2. The predicted octanol–water partition coefficient (Wildman–Crippen LogP) is 3.80. The summed E-state index contributed by atoms with van der Waals surface area (Å²) in [4.78, 5) is 0. The Bertz CT molecular complexity index is 120. The summed E-state index contributed by atoms with van der Waals surface area (Å²) in [5, 5.41) is -0.974. The lowest BCUT2D eigenvalue weighted by molar-refractivity contribution is 0.524. The molecule has 0 aromatic rings.